The normalized spacial score (nSPS) is 21.2. The molecule has 0 bridgehead atoms. The van der Waals surface area contributed by atoms with E-state index in [2.05, 4.69) is 31.0 Å². The fourth-order valence-electron chi connectivity index (χ4n) is 2.98. The summed E-state index contributed by atoms with van der Waals surface area (Å²) in [5, 5.41) is 13.7. The number of rotatable bonds is 6. The lowest BCUT2D eigenvalue weighted by atomic mass is 10.0. The molecule has 0 amide bonds. The number of nitrogens with one attached hydrogen (secondary N) is 1. The molecule has 4 nitrogen and oxygen atoms in total. The van der Waals surface area contributed by atoms with Crippen molar-refractivity contribution in [3.05, 3.63) is 24.2 Å². The molecular formula is C16H28N2O2. The lowest BCUT2D eigenvalue weighted by Gasteiger charge is -2.36. The minimum Gasteiger partial charge on any atom is -0.467 e. The molecule has 1 aromatic heterocycles. The number of furan rings is 1. The molecule has 20 heavy (non-hydrogen) atoms. The van der Waals surface area contributed by atoms with E-state index in [9.17, 15) is 5.11 Å². The Morgan fingerprint density at radius 1 is 1.35 bits per heavy atom. The third-order valence-corrected chi connectivity index (χ3v) is 4.23. The maximum Gasteiger partial charge on any atom is 0.132 e. The molecule has 2 N–H and O–H groups in total. The third kappa shape index (κ3) is 4.33. The fourth-order valence-corrected chi connectivity index (χ4v) is 2.98. The van der Waals surface area contributed by atoms with Crippen LogP contribution in [-0.4, -0.2) is 41.2 Å². The van der Waals surface area contributed by atoms with Crippen molar-refractivity contribution in [1.82, 2.24) is 10.2 Å². The van der Waals surface area contributed by atoms with Crippen LogP contribution in [0, 0.1) is 0 Å². The SMILES string of the molecule is CC(CC(O)c1ccco1)NC1CCN(C(C)C)CC1. The Labute approximate surface area is 122 Å². The van der Waals surface area contributed by atoms with Gasteiger partial charge in [0, 0.05) is 18.1 Å². The first-order chi connectivity index (χ1) is 9.56. The summed E-state index contributed by atoms with van der Waals surface area (Å²) in [4.78, 5) is 2.53. The largest absolute Gasteiger partial charge is 0.467 e. The summed E-state index contributed by atoms with van der Waals surface area (Å²) in [6.45, 7) is 9.00. The van der Waals surface area contributed by atoms with Crippen molar-refractivity contribution in [3.63, 3.8) is 0 Å². The summed E-state index contributed by atoms with van der Waals surface area (Å²) >= 11 is 0. The van der Waals surface area contributed by atoms with E-state index in [0.29, 0.717) is 30.3 Å². The van der Waals surface area contributed by atoms with Gasteiger partial charge in [0.2, 0.25) is 0 Å². The van der Waals surface area contributed by atoms with E-state index in [0.717, 1.165) is 0 Å². The maximum atomic E-state index is 10.1. The topological polar surface area (TPSA) is 48.6 Å². The number of aliphatic hydroxyl groups excluding tert-OH is 1. The van der Waals surface area contributed by atoms with Crippen molar-refractivity contribution in [2.24, 2.45) is 0 Å². The molecule has 2 unspecified atom stereocenters. The quantitative estimate of drug-likeness (QED) is 0.841. The smallest absolute Gasteiger partial charge is 0.132 e. The van der Waals surface area contributed by atoms with Crippen LogP contribution in [0.5, 0.6) is 0 Å². The van der Waals surface area contributed by atoms with E-state index >= 15 is 0 Å². The van der Waals surface area contributed by atoms with Gasteiger partial charge < -0.3 is 19.7 Å². The molecule has 0 saturated carbocycles. The van der Waals surface area contributed by atoms with Gasteiger partial charge in [0.15, 0.2) is 0 Å². The van der Waals surface area contributed by atoms with Crippen molar-refractivity contribution < 1.29 is 9.52 Å². The second-order valence-electron chi connectivity index (χ2n) is 6.24. The first kappa shape index (κ1) is 15.5. The highest BCUT2D eigenvalue weighted by atomic mass is 16.4. The summed E-state index contributed by atoms with van der Waals surface area (Å²) in [5.74, 6) is 0.660. The van der Waals surface area contributed by atoms with Crippen LogP contribution in [0.4, 0.5) is 0 Å². The van der Waals surface area contributed by atoms with E-state index in [1.54, 1.807) is 6.26 Å². The highest BCUT2D eigenvalue weighted by molar-refractivity contribution is 5.02. The predicted molar refractivity (Wildman–Crippen MR) is 80.6 cm³/mol. The van der Waals surface area contributed by atoms with Crippen molar-refractivity contribution in [1.29, 1.82) is 0 Å². The Morgan fingerprint density at radius 2 is 2.05 bits per heavy atom. The molecule has 1 aromatic rings. The second-order valence-corrected chi connectivity index (χ2v) is 6.24. The predicted octanol–water partition coefficient (Wildman–Crippen LogP) is 2.55. The van der Waals surface area contributed by atoms with Crippen LogP contribution in [0.25, 0.3) is 0 Å². The van der Waals surface area contributed by atoms with E-state index in [-0.39, 0.29) is 0 Å². The number of hydrogen-bond acceptors (Lipinski definition) is 4. The summed E-state index contributed by atoms with van der Waals surface area (Å²) in [5.41, 5.74) is 0. The van der Waals surface area contributed by atoms with Crippen LogP contribution < -0.4 is 5.32 Å². The number of hydrogen-bond donors (Lipinski definition) is 2. The molecule has 0 aliphatic carbocycles. The molecule has 1 fully saturated rings. The van der Waals surface area contributed by atoms with Crippen LogP contribution in [0.3, 0.4) is 0 Å². The summed E-state index contributed by atoms with van der Waals surface area (Å²) < 4.78 is 5.24. The molecule has 2 rings (SSSR count). The Balaban J connectivity index is 1.71. The Kier molecular flexibility index (Phi) is 5.64. The van der Waals surface area contributed by atoms with Crippen LogP contribution in [-0.2, 0) is 0 Å². The zero-order chi connectivity index (χ0) is 14.5. The maximum absolute atomic E-state index is 10.1. The molecule has 0 radical (unpaired) electrons. The fraction of sp³-hybridized carbons (Fsp3) is 0.750. The molecule has 0 spiro atoms. The molecule has 114 valence electrons. The van der Waals surface area contributed by atoms with Gasteiger partial charge >= 0.3 is 0 Å². The van der Waals surface area contributed by atoms with E-state index in [1.165, 1.54) is 25.9 Å². The molecule has 1 aliphatic heterocycles. The number of aliphatic hydroxyl groups is 1. The number of piperidine rings is 1. The Hall–Kier alpha value is -0.840. The molecule has 1 aliphatic rings. The van der Waals surface area contributed by atoms with Crippen molar-refractivity contribution in [2.45, 2.75) is 64.3 Å². The molecular weight excluding hydrogens is 252 g/mol. The first-order valence-corrected chi connectivity index (χ1v) is 7.78. The van der Waals surface area contributed by atoms with E-state index in [4.69, 9.17) is 4.42 Å². The van der Waals surface area contributed by atoms with Crippen molar-refractivity contribution in [2.75, 3.05) is 13.1 Å². The number of likely N-dealkylation sites (tertiary alicyclic amines) is 1. The average molecular weight is 280 g/mol. The molecule has 4 heteroatoms. The number of nitrogens with zero attached hydrogens (tertiary/aromatic N) is 1. The van der Waals surface area contributed by atoms with Crippen molar-refractivity contribution in [3.8, 4) is 0 Å². The van der Waals surface area contributed by atoms with Crippen LogP contribution in [0.2, 0.25) is 0 Å². The second kappa shape index (κ2) is 7.25. The van der Waals surface area contributed by atoms with E-state index in [1.807, 2.05) is 12.1 Å². The van der Waals surface area contributed by atoms with Crippen LogP contribution in [0.15, 0.2) is 22.8 Å². The zero-order valence-electron chi connectivity index (χ0n) is 12.9. The van der Waals surface area contributed by atoms with E-state index < -0.39 is 6.10 Å². The summed E-state index contributed by atoms with van der Waals surface area (Å²) in [7, 11) is 0. The minimum atomic E-state index is -0.511. The summed E-state index contributed by atoms with van der Waals surface area (Å²) in [6.07, 6.45) is 4.18. The Morgan fingerprint density at radius 3 is 2.60 bits per heavy atom. The van der Waals surface area contributed by atoms with Gasteiger partial charge in [-0.2, -0.15) is 0 Å². The van der Waals surface area contributed by atoms with Gasteiger partial charge in [-0.05, 0) is 65.3 Å². The lowest BCUT2D eigenvalue weighted by Crippen LogP contribution is -2.47. The van der Waals surface area contributed by atoms with Crippen molar-refractivity contribution >= 4 is 0 Å². The molecule has 2 atom stereocenters. The average Bonchev–Trinajstić information content (AvgIpc) is 2.93. The molecule has 1 saturated heterocycles. The monoisotopic (exact) mass is 280 g/mol. The zero-order valence-corrected chi connectivity index (χ0v) is 12.9. The molecule has 0 aromatic carbocycles. The van der Waals surface area contributed by atoms with Gasteiger partial charge in [0.25, 0.3) is 0 Å². The Bertz CT molecular complexity index is 370. The summed E-state index contributed by atoms with van der Waals surface area (Å²) in [6, 6.07) is 5.17. The van der Waals surface area contributed by atoms with Gasteiger partial charge in [0.1, 0.15) is 11.9 Å². The van der Waals surface area contributed by atoms with Crippen LogP contribution >= 0.6 is 0 Å². The standard InChI is InChI=1S/C16H28N2O2/c1-12(2)18-8-6-14(7-9-18)17-13(3)11-15(19)16-5-4-10-20-16/h4-5,10,12-15,17,19H,6-9,11H2,1-3H3. The lowest BCUT2D eigenvalue weighted by molar-refractivity contribution is 0.117. The van der Waals surface area contributed by atoms with Gasteiger partial charge in [-0.15, -0.1) is 0 Å². The highest BCUT2D eigenvalue weighted by Gasteiger charge is 2.23. The third-order valence-electron chi connectivity index (χ3n) is 4.23. The first-order valence-electron chi connectivity index (χ1n) is 7.78. The minimum absolute atomic E-state index is 0.297. The highest BCUT2D eigenvalue weighted by Crippen LogP contribution is 2.20. The van der Waals surface area contributed by atoms with Crippen LogP contribution in [0.1, 0.15) is 51.9 Å². The van der Waals surface area contributed by atoms with Gasteiger partial charge in [-0.25, -0.2) is 0 Å². The molecule has 2 heterocycles. The van der Waals surface area contributed by atoms with Gasteiger partial charge in [0.05, 0.1) is 6.26 Å². The van der Waals surface area contributed by atoms with Gasteiger partial charge in [-0.3, -0.25) is 0 Å². The van der Waals surface area contributed by atoms with Gasteiger partial charge in [-0.1, -0.05) is 0 Å².